The first kappa shape index (κ1) is 24.6. The summed E-state index contributed by atoms with van der Waals surface area (Å²) in [5, 5.41) is 1.70. The van der Waals surface area contributed by atoms with Crippen LogP contribution in [0.3, 0.4) is 0 Å². The minimum Gasteiger partial charge on any atom is -0.385 e. The van der Waals surface area contributed by atoms with E-state index < -0.39 is 5.41 Å². The molecule has 0 aliphatic rings. The normalized spacial score (nSPS) is 13.6. The predicted octanol–water partition coefficient (Wildman–Crippen LogP) is 6.28. The second-order valence-corrected chi connectivity index (χ2v) is 10.0. The van der Waals surface area contributed by atoms with Gasteiger partial charge in [0.25, 0.3) is 0 Å². The Morgan fingerprint density at radius 3 is 2.38 bits per heavy atom. The maximum atomic E-state index is 6.41. The van der Waals surface area contributed by atoms with Crippen molar-refractivity contribution < 1.29 is 0 Å². The molecular weight excluding hydrogens is 478 g/mol. The average molecular weight is 508 g/mol. The fourth-order valence-corrected chi connectivity index (χ4v) is 5.39. The second kappa shape index (κ2) is 9.41. The number of aromatic nitrogens is 3. The number of nitrogens with two attached hydrogens (primary N) is 1. The molecule has 0 fully saturated rings. The quantitative estimate of drug-likeness (QED) is 0.304. The second-order valence-electron chi connectivity index (χ2n) is 9.59. The van der Waals surface area contributed by atoms with Crippen LogP contribution in [0.25, 0.3) is 27.9 Å². The number of hydrogen-bond acceptors (Lipinski definition) is 3. The topological polar surface area (TPSA) is 61.1 Å². The van der Waals surface area contributed by atoms with Crippen LogP contribution < -0.4 is 11.2 Å². The highest BCUT2D eigenvalue weighted by Crippen LogP contribution is 2.41. The third-order valence-electron chi connectivity index (χ3n) is 7.22. The van der Waals surface area contributed by atoms with Crippen molar-refractivity contribution in [1.29, 1.82) is 0 Å². The molecule has 0 radical (unpaired) electrons. The molecule has 0 spiro atoms. The Kier molecular flexibility index (Phi) is 6.26. The molecule has 2 aromatic heterocycles. The van der Waals surface area contributed by atoms with Crippen LogP contribution in [0, 0.1) is 6.92 Å². The highest BCUT2D eigenvalue weighted by molar-refractivity contribution is 6.30. The molecule has 186 valence electrons. The van der Waals surface area contributed by atoms with E-state index >= 15 is 0 Å². The van der Waals surface area contributed by atoms with E-state index in [0.717, 1.165) is 38.8 Å². The van der Waals surface area contributed by atoms with E-state index in [4.69, 9.17) is 17.3 Å². The van der Waals surface area contributed by atoms with E-state index in [1.54, 1.807) is 7.05 Å². The van der Waals surface area contributed by atoms with Gasteiger partial charge in [0, 0.05) is 30.7 Å². The van der Waals surface area contributed by atoms with Gasteiger partial charge in [-0.25, -0.2) is 4.98 Å². The Balaban J connectivity index is 1.89. The lowest BCUT2D eigenvalue weighted by molar-refractivity contribution is 0.626. The molecule has 5 aromatic rings. The standard InChI is InChI=1S/C31H30ClN5/c1-20-9-11-23(12-10-20)31(3,29-18-35-19-36(29)5)24-13-14-28-27(16-24)26(22-7-6-8-25(32)15-22)17-30(34-4)37(28)21(2)33/h6-19H,2,33H2,1,3-5H3. The largest absolute Gasteiger partial charge is 0.385 e. The lowest BCUT2D eigenvalue weighted by atomic mass is 9.73. The van der Waals surface area contributed by atoms with Gasteiger partial charge in [-0.1, -0.05) is 66.2 Å². The Morgan fingerprint density at radius 1 is 1.03 bits per heavy atom. The van der Waals surface area contributed by atoms with Crippen molar-refractivity contribution in [2.24, 2.45) is 17.8 Å². The van der Waals surface area contributed by atoms with Crippen molar-refractivity contribution in [3.63, 3.8) is 0 Å². The molecule has 37 heavy (non-hydrogen) atoms. The molecule has 3 aromatic carbocycles. The highest BCUT2D eigenvalue weighted by Gasteiger charge is 2.34. The van der Waals surface area contributed by atoms with Crippen molar-refractivity contribution in [2.45, 2.75) is 19.3 Å². The monoisotopic (exact) mass is 507 g/mol. The molecule has 0 bridgehead atoms. The van der Waals surface area contributed by atoms with Gasteiger partial charge in [0.1, 0.15) is 11.3 Å². The Bertz CT molecular complexity index is 1710. The first-order valence-corrected chi connectivity index (χ1v) is 12.5. The summed E-state index contributed by atoms with van der Waals surface area (Å²) in [5.41, 5.74) is 14.1. The van der Waals surface area contributed by atoms with Gasteiger partial charge in [0.05, 0.1) is 23.0 Å². The number of aryl methyl sites for hydroxylation is 2. The lowest BCUT2D eigenvalue weighted by Crippen LogP contribution is -2.28. The Hall–Kier alpha value is -4.09. The van der Waals surface area contributed by atoms with Crippen molar-refractivity contribution >= 4 is 28.3 Å². The number of halogens is 1. The van der Waals surface area contributed by atoms with Gasteiger partial charge in [-0.05, 0) is 66.4 Å². The number of fused-ring (bicyclic) bond motifs is 1. The zero-order valence-corrected chi connectivity index (χ0v) is 22.3. The molecule has 1 atom stereocenters. The molecule has 5 nitrogen and oxygen atoms in total. The maximum absolute atomic E-state index is 6.41. The third kappa shape index (κ3) is 4.15. The van der Waals surface area contributed by atoms with E-state index in [9.17, 15) is 0 Å². The fraction of sp³-hybridized carbons (Fsp3) is 0.161. The third-order valence-corrected chi connectivity index (χ3v) is 7.45. The molecule has 2 N–H and O–H groups in total. The number of hydrogen-bond donors (Lipinski definition) is 1. The molecule has 0 saturated heterocycles. The molecule has 0 amide bonds. The van der Waals surface area contributed by atoms with Gasteiger partial charge in [0.15, 0.2) is 0 Å². The van der Waals surface area contributed by atoms with Crippen LogP contribution in [0.4, 0.5) is 0 Å². The van der Waals surface area contributed by atoms with Crippen LogP contribution in [0.5, 0.6) is 0 Å². The molecule has 0 saturated carbocycles. The Morgan fingerprint density at radius 2 is 1.76 bits per heavy atom. The maximum Gasteiger partial charge on any atom is 0.134 e. The van der Waals surface area contributed by atoms with E-state index in [-0.39, 0.29) is 0 Å². The number of nitrogens with zero attached hydrogens (tertiary/aromatic N) is 4. The molecule has 0 aliphatic heterocycles. The number of pyridine rings is 1. The van der Waals surface area contributed by atoms with E-state index in [2.05, 4.69) is 83.5 Å². The van der Waals surface area contributed by atoms with Gasteiger partial charge >= 0.3 is 0 Å². The number of rotatable bonds is 5. The van der Waals surface area contributed by atoms with Crippen molar-refractivity contribution in [2.75, 3.05) is 7.05 Å². The fourth-order valence-electron chi connectivity index (χ4n) is 5.20. The van der Waals surface area contributed by atoms with Gasteiger partial charge in [-0.15, -0.1) is 0 Å². The van der Waals surface area contributed by atoms with Crippen LogP contribution >= 0.6 is 11.6 Å². The minimum absolute atomic E-state index is 0.406. The first-order valence-electron chi connectivity index (χ1n) is 12.1. The summed E-state index contributed by atoms with van der Waals surface area (Å²) in [4.78, 5) is 8.96. The minimum atomic E-state index is -0.461. The Labute approximate surface area is 222 Å². The van der Waals surface area contributed by atoms with Crippen molar-refractivity contribution in [1.82, 2.24) is 14.1 Å². The highest BCUT2D eigenvalue weighted by atomic mass is 35.5. The SMILES string of the molecule is C=C(N)n1c(=NC)cc(-c2cccc(Cl)c2)c2cc(C(C)(c3ccc(C)cc3)c3cncn3C)ccc21. The predicted molar refractivity (Wildman–Crippen MR) is 153 cm³/mol. The summed E-state index contributed by atoms with van der Waals surface area (Å²) < 4.78 is 3.98. The number of benzene rings is 3. The van der Waals surface area contributed by atoms with Gasteiger partial charge in [-0.3, -0.25) is 9.56 Å². The van der Waals surface area contributed by atoms with Crippen LogP contribution in [0.2, 0.25) is 5.02 Å². The van der Waals surface area contributed by atoms with Gasteiger partial charge < -0.3 is 10.3 Å². The average Bonchev–Trinajstić information content (AvgIpc) is 3.33. The molecule has 1 unspecified atom stereocenters. The molecule has 6 heteroatoms. The van der Waals surface area contributed by atoms with Crippen LogP contribution in [0.15, 0.2) is 96.9 Å². The van der Waals surface area contributed by atoms with Crippen LogP contribution in [-0.2, 0) is 12.5 Å². The van der Waals surface area contributed by atoms with E-state index in [1.165, 1.54) is 11.1 Å². The zero-order chi connectivity index (χ0) is 26.3. The van der Waals surface area contributed by atoms with Crippen molar-refractivity contribution in [3.05, 3.63) is 125 Å². The summed E-state index contributed by atoms with van der Waals surface area (Å²) in [7, 11) is 3.79. The smallest absolute Gasteiger partial charge is 0.134 e. The summed E-state index contributed by atoms with van der Waals surface area (Å²) in [6, 6.07) is 25.2. The number of imidazole rings is 1. The van der Waals surface area contributed by atoms with Crippen LogP contribution in [0.1, 0.15) is 29.3 Å². The summed E-state index contributed by atoms with van der Waals surface area (Å²) in [6.45, 7) is 8.38. The van der Waals surface area contributed by atoms with E-state index in [1.807, 2.05) is 48.4 Å². The van der Waals surface area contributed by atoms with Gasteiger partial charge in [-0.2, -0.15) is 0 Å². The lowest BCUT2D eigenvalue weighted by Gasteiger charge is -2.32. The molecular formula is C31H30ClN5. The van der Waals surface area contributed by atoms with Gasteiger partial charge in [0.2, 0.25) is 0 Å². The van der Waals surface area contributed by atoms with Crippen molar-refractivity contribution in [3.8, 4) is 11.1 Å². The van der Waals surface area contributed by atoms with E-state index in [0.29, 0.717) is 10.8 Å². The molecule has 0 aliphatic carbocycles. The summed E-state index contributed by atoms with van der Waals surface area (Å²) in [6.07, 6.45) is 3.80. The first-order chi connectivity index (χ1) is 17.7. The summed E-state index contributed by atoms with van der Waals surface area (Å²) in [5.74, 6) is 0.406. The zero-order valence-electron chi connectivity index (χ0n) is 21.5. The molecule has 5 rings (SSSR count). The molecule has 2 heterocycles. The van der Waals surface area contributed by atoms with Crippen LogP contribution in [-0.4, -0.2) is 21.2 Å². The summed E-state index contributed by atoms with van der Waals surface area (Å²) >= 11 is 6.41.